The first-order valence-corrected chi connectivity index (χ1v) is 13.4. The molecule has 4 aliphatic carbocycles. The summed E-state index contributed by atoms with van der Waals surface area (Å²) in [7, 11) is 0. The van der Waals surface area contributed by atoms with Crippen LogP contribution in [-0.4, -0.2) is 22.4 Å². The quantitative estimate of drug-likeness (QED) is 0.474. The van der Waals surface area contributed by atoms with Crippen molar-refractivity contribution in [1.29, 1.82) is 0 Å². The third-order valence-electron chi connectivity index (χ3n) is 10.9. The van der Waals surface area contributed by atoms with Crippen molar-refractivity contribution in [3.05, 3.63) is 23.8 Å². The molecule has 0 aliphatic heterocycles. The molecular weight excluding hydrogens is 380 g/mol. The van der Waals surface area contributed by atoms with E-state index in [0.717, 1.165) is 30.6 Å². The van der Waals surface area contributed by atoms with Crippen LogP contribution in [0.5, 0.6) is 0 Å². The summed E-state index contributed by atoms with van der Waals surface area (Å²) in [6, 6.07) is 0. The van der Waals surface area contributed by atoms with Gasteiger partial charge in [0.25, 0.3) is 0 Å². The smallest absolute Gasteiger partial charge is 0.0658 e. The van der Waals surface area contributed by atoms with Crippen LogP contribution in [0.25, 0.3) is 0 Å². The van der Waals surface area contributed by atoms with Gasteiger partial charge in [0, 0.05) is 11.8 Å². The SMILES string of the molecule is CC[C@@H](/C=C/[C@@H](C)[C@H]1CC[C@H]2[C@H]3CC=C4CC(O)CC(O)[C@@]4(C)[C@H]3CC[C@]12C)C(C)C. The van der Waals surface area contributed by atoms with E-state index >= 15 is 0 Å². The van der Waals surface area contributed by atoms with E-state index in [4.69, 9.17) is 0 Å². The number of aliphatic hydroxyl groups excluding tert-OH is 2. The minimum atomic E-state index is -0.388. The summed E-state index contributed by atoms with van der Waals surface area (Å²) in [5.74, 6) is 4.94. The Kier molecular flexibility index (Phi) is 6.56. The van der Waals surface area contributed by atoms with Gasteiger partial charge >= 0.3 is 0 Å². The van der Waals surface area contributed by atoms with Gasteiger partial charge in [-0.1, -0.05) is 65.3 Å². The third kappa shape index (κ3) is 3.78. The van der Waals surface area contributed by atoms with Crippen molar-refractivity contribution < 1.29 is 10.2 Å². The van der Waals surface area contributed by atoms with E-state index in [2.05, 4.69) is 59.8 Å². The van der Waals surface area contributed by atoms with Crippen molar-refractivity contribution in [3.8, 4) is 0 Å². The molecule has 2 unspecified atom stereocenters. The minimum absolute atomic E-state index is 0.112. The van der Waals surface area contributed by atoms with Crippen LogP contribution in [0, 0.1) is 52.3 Å². The molecule has 4 aliphatic rings. The number of hydrogen-bond acceptors (Lipinski definition) is 2. The molecule has 0 aromatic heterocycles. The van der Waals surface area contributed by atoms with Gasteiger partial charge < -0.3 is 10.2 Å². The van der Waals surface area contributed by atoms with Crippen molar-refractivity contribution in [2.24, 2.45) is 52.3 Å². The maximum absolute atomic E-state index is 11.1. The molecular formula is C29H48O2. The van der Waals surface area contributed by atoms with Crippen LogP contribution in [0.15, 0.2) is 23.8 Å². The molecule has 4 rings (SSSR count). The maximum Gasteiger partial charge on any atom is 0.0658 e. The Labute approximate surface area is 191 Å². The summed E-state index contributed by atoms with van der Waals surface area (Å²) in [5, 5.41) is 21.3. The largest absolute Gasteiger partial charge is 0.393 e. The molecule has 0 bridgehead atoms. The topological polar surface area (TPSA) is 40.5 Å². The lowest BCUT2D eigenvalue weighted by atomic mass is 9.46. The molecule has 31 heavy (non-hydrogen) atoms. The van der Waals surface area contributed by atoms with Crippen LogP contribution in [0.1, 0.15) is 92.9 Å². The molecule has 2 nitrogen and oxygen atoms in total. The fourth-order valence-corrected chi connectivity index (χ4v) is 8.89. The number of allylic oxidation sites excluding steroid dienone is 3. The van der Waals surface area contributed by atoms with E-state index in [1.165, 1.54) is 37.7 Å². The summed E-state index contributed by atoms with van der Waals surface area (Å²) in [4.78, 5) is 0. The summed E-state index contributed by atoms with van der Waals surface area (Å²) in [6.45, 7) is 14.4. The van der Waals surface area contributed by atoms with Crippen LogP contribution in [0.2, 0.25) is 0 Å². The van der Waals surface area contributed by atoms with Crippen LogP contribution >= 0.6 is 0 Å². The molecule has 0 heterocycles. The number of rotatable bonds is 5. The lowest BCUT2D eigenvalue weighted by molar-refractivity contribution is -0.106. The Morgan fingerprint density at radius 3 is 2.48 bits per heavy atom. The minimum Gasteiger partial charge on any atom is -0.393 e. The van der Waals surface area contributed by atoms with Crippen molar-refractivity contribution in [2.75, 3.05) is 0 Å². The summed E-state index contributed by atoms with van der Waals surface area (Å²) < 4.78 is 0. The zero-order valence-corrected chi connectivity index (χ0v) is 21.0. The van der Waals surface area contributed by atoms with Gasteiger partial charge in [-0.25, -0.2) is 0 Å². The van der Waals surface area contributed by atoms with E-state index < -0.39 is 0 Å². The second kappa shape index (κ2) is 8.64. The van der Waals surface area contributed by atoms with Crippen LogP contribution in [0.3, 0.4) is 0 Å². The number of fused-ring (bicyclic) bond motifs is 5. The Hall–Kier alpha value is -0.600. The third-order valence-corrected chi connectivity index (χ3v) is 10.9. The molecule has 0 amide bonds. The predicted octanol–water partition coefficient (Wildman–Crippen LogP) is 6.77. The van der Waals surface area contributed by atoms with Crippen LogP contribution < -0.4 is 0 Å². The second-order valence-corrected chi connectivity index (χ2v) is 12.5. The van der Waals surface area contributed by atoms with E-state index in [9.17, 15) is 10.2 Å². The highest BCUT2D eigenvalue weighted by molar-refractivity contribution is 5.27. The average molecular weight is 429 g/mol. The second-order valence-electron chi connectivity index (χ2n) is 12.5. The van der Waals surface area contributed by atoms with E-state index in [-0.39, 0.29) is 17.6 Å². The summed E-state index contributed by atoms with van der Waals surface area (Å²) in [5.41, 5.74) is 1.68. The zero-order valence-electron chi connectivity index (χ0n) is 21.0. The lowest BCUT2D eigenvalue weighted by Crippen LogP contribution is -2.55. The van der Waals surface area contributed by atoms with Gasteiger partial charge in [-0.2, -0.15) is 0 Å². The molecule has 2 heteroatoms. The Balaban J connectivity index is 1.54. The Morgan fingerprint density at radius 2 is 1.81 bits per heavy atom. The summed E-state index contributed by atoms with van der Waals surface area (Å²) >= 11 is 0. The molecule has 0 spiro atoms. The molecule has 0 saturated heterocycles. The van der Waals surface area contributed by atoms with Crippen LogP contribution in [0.4, 0.5) is 0 Å². The molecule has 3 saturated carbocycles. The van der Waals surface area contributed by atoms with E-state index in [1.807, 2.05) is 0 Å². The first-order chi connectivity index (χ1) is 14.6. The molecule has 0 radical (unpaired) electrons. The van der Waals surface area contributed by atoms with Gasteiger partial charge in [0.15, 0.2) is 0 Å². The van der Waals surface area contributed by atoms with E-state index in [0.29, 0.717) is 35.5 Å². The van der Waals surface area contributed by atoms with Gasteiger partial charge in [0.05, 0.1) is 12.2 Å². The average Bonchev–Trinajstić information content (AvgIpc) is 3.06. The van der Waals surface area contributed by atoms with Crippen molar-refractivity contribution >= 4 is 0 Å². The molecule has 10 atom stereocenters. The van der Waals surface area contributed by atoms with E-state index in [1.54, 1.807) is 0 Å². The molecule has 0 aromatic carbocycles. The van der Waals surface area contributed by atoms with Gasteiger partial charge in [-0.05, 0) is 91.8 Å². The normalized spacial score (nSPS) is 46.9. The highest BCUT2D eigenvalue weighted by Crippen LogP contribution is 2.67. The highest BCUT2D eigenvalue weighted by Gasteiger charge is 2.60. The Bertz CT molecular complexity index is 708. The first kappa shape index (κ1) is 23.6. The monoisotopic (exact) mass is 428 g/mol. The zero-order chi connectivity index (χ0) is 22.6. The van der Waals surface area contributed by atoms with Gasteiger partial charge in [-0.3, -0.25) is 0 Å². The fourth-order valence-electron chi connectivity index (χ4n) is 8.89. The maximum atomic E-state index is 11.1. The van der Waals surface area contributed by atoms with Crippen molar-refractivity contribution in [3.63, 3.8) is 0 Å². The van der Waals surface area contributed by atoms with Gasteiger partial charge in [0.2, 0.25) is 0 Å². The lowest BCUT2D eigenvalue weighted by Gasteiger charge is -2.59. The molecule has 3 fully saturated rings. The van der Waals surface area contributed by atoms with Gasteiger partial charge in [-0.15, -0.1) is 0 Å². The van der Waals surface area contributed by atoms with Crippen molar-refractivity contribution in [1.82, 2.24) is 0 Å². The highest BCUT2D eigenvalue weighted by atomic mass is 16.3. The molecule has 2 N–H and O–H groups in total. The predicted molar refractivity (Wildman–Crippen MR) is 130 cm³/mol. The fraction of sp³-hybridized carbons (Fsp3) is 0.862. The standard InChI is InChI=1S/C29H48O2/c1-7-20(18(2)3)9-8-19(4)24-12-13-25-23-11-10-21-16-22(30)17-27(31)29(21,6)26(23)14-15-28(24,25)5/h8-10,18-20,22-27,30-31H,7,11-17H2,1-6H3/b9-8+/t19-,20+,22?,23-,24-,25+,26+,27?,28-,29-/m1/s1. The molecule has 0 aromatic rings. The molecule has 176 valence electrons. The number of aliphatic hydroxyl groups is 2. The van der Waals surface area contributed by atoms with Crippen LogP contribution in [-0.2, 0) is 0 Å². The number of hydrogen-bond donors (Lipinski definition) is 2. The van der Waals surface area contributed by atoms with Crippen molar-refractivity contribution in [2.45, 2.75) is 105 Å². The Morgan fingerprint density at radius 1 is 1.06 bits per heavy atom. The summed E-state index contributed by atoms with van der Waals surface area (Å²) in [6.07, 6.45) is 15.8. The van der Waals surface area contributed by atoms with Gasteiger partial charge in [0.1, 0.15) is 0 Å². The first-order valence-electron chi connectivity index (χ1n) is 13.4.